The third-order valence-corrected chi connectivity index (χ3v) is 3.70. The largest absolute Gasteiger partial charge is 0.324 e. The van der Waals surface area contributed by atoms with Crippen LogP contribution in [0.5, 0.6) is 0 Å². The third-order valence-electron chi connectivity index (χ3n) is 2.96. The molecule has 0 heterocycles. The predicted molar refractivity (Wildman–Crippen MR) is 60.7 cm³/mol. The minimum atomic E-state index is 0.111. The van der Waals surface area contributed by atoms with Crippen LogP contribution in [0.1, 0.15) is 24.9 Å². The SMILES string of the molecule is CC1CC1C(N)c1ccc(Cl)c(Cl)c1. The predicted octanol–water partition coefficient (Wildman–Crippen LogP) is 3.65. The molecule has 1 aromatic rings. The lowest BCUT2D eigenvalue weighted by Gasteiger charge is -2.11. The van der Waals surface area contributed by atoms with Gasteiger partial charge in [0.05, 0.1) is 10.0 Å². The monoisotopic (exact) mass is 229 g/mol. The molecule has 3 atom stereocenters. The van der Waals surface area contributed by atoms with Gasteiger partial charge in [0.2, 0.25) is 0 Å². The van der Waals surface area contributed by atoms with Gasteiger partial charge in [-0.1, -0.05) is 36.2 Å². The highest BCUT2D eigenvalue weighted by atomic mass is 35.5. The highest BCUT2D eigenvalue weighted by Crippen LogP contribution is 2.46. The maximum absolute atomic E-state index is 6.11. The van der Waals surface area contributed by atoms with Gasteiger partial charge in [0.1, 0.15) is 0 Å². The van der Waals surface area contributed by atoms with E-state index < -0.39 is 0 Å². The zero-order valence-electron chi connectivity index (χ0n) is 8.00. The van der Waals surface area contributed by atoms with Crippen molar-refractivity contribution in [2.75, 3.05) is 0 Å². The van der Waals surface area contributed by atoms with E-state index in [1.807, 2.05) is 18.2 Å². The van der Waals surface area contributed by atoms with Crippen LogP contribution in [0, 0.1) is 11.8 Å². The fraction of sp³-hybridized carbons (Fsp3) is 0.455. The zero-order valence-corrected chi connectivity index (χ0v) is 9.52. The Hall–Kier alpha value is -0.240. The smallest absolute Gasteiger partial charge is 0.0595 e. The molecule has 1 saturated carbocycles. The number of halogens is 2. The number of hydrogen-bond donors (Lipinski definition) is 1. The van der Waals surface area contributed by atoms with Crippen LogP contribution in [0.3, 0.4) is 0 Å². The first-order valence-electron chi connectivity index (χ1n) is 4.80. The number of hydrogen-bond acceptors (Lipinski definition) is 1. The molecule has 0 bridgehead atoms. The topological polar surface area (TPSA) is 26.0 Å². The summed E-state index contributed by atoms with van der Waals surface area (Å²) in [5.41, 5.74) is 7.20. The fourth-order valence-electron chi connectivity index (χ4n) is 1.82. The van der Waals surface area contributed by atoms with Gasteiger partial charge in [-0.2, -0.15) is 0 Å². The van der Waals surface area contributed by atoms with Crippen molar-refractivity contribution in [3.63, 3.8) is 0 Å². The highest BCUT2D eigenvalue weighted by Gasteiger charge is 2.38. The molecule has 0 saturated heterocycles. The Bertz CT molecular complexity index is 351. The van der Waals surface area contributed by atoms with Gasteiger partial charge in [0, 0.05) is 6.04 Å². The van der Waals surface area contributed by atoms with Crippen LogP contribution < -0.4 is 5.73 Å². The Kier molecular flexibility index (Phi) is 2.74. The van der Waals surface area contributed by atoms with E-state index in [0.717, 1.165) is 11.5 Å². The van der Waals surface area contributed by atoms with Crippen LogP contribution in [0.15, 0.2) is 18.2 Å². The van der Waals surface area contributed by atoms with E-state index in [0.29, 0.717) is 16.0 Å². The van der Waals surface area contributed by atoms with Crippen LogP contribution in [-0.4, -0.2) is 0 Å². The molecule has 76 valence electrons. The van der Waals surface area contributed by atoms with E-state index in [9.17, 15) is 0 Å². The van der Waals surface area contributed by atoms with Crippen molar-refractivity contribution in [2.45, 2.75) is 19.4 Å². The summed E-state index contributed by atoms with van der Waals surface area (Å²) in [5, 5.41) is 1.18. The van der Waals surface area contributed by atoms with Crippen LogP contribution in [0.2, 0.25) is 10.0 Å². The van der Waals surface area contributed by atoms with E-state index in [-0.39, 0.29) is 6.04 Å². The Balaban J connectivity index is 2.20. The van der Waals surface area contributed by atoms with Crippen LogP contribution in [0.25, 0.3) is 0 Å². The molecule has 14 heavy (non-hydrogen) atoms. The third kappa shape index (κ3) is 1.90. The molecule has 1 aliphatic carbocycles. The van der Waals surface area contributed by atoms with Crippen LogP contribution >= 0.6 is 23.2 Å². The number of benzene rings is 1. The standard InChI is InChI=1S/C11H13Cl2N/c1-6-4-8(6)11(14)7-2-3-9(12)10(13)5-7/h2-3,5-6,8,11H,4,14H2,1H3. The van der Waals surface area contributed by atoms with Crippen molar-refractivity contribution in [3.05, 3.63) is 33.8 Å². The van der Waals surface area contributed by atoms with Gasteiger partial charge >= 0.3 is 0 Å². The second kappa shape index (κ2) is 3.73. The molecule has 2 N–H and O–H groups in total. The van der Waals surface area contributed by atoms with Gasteiger partial charge in [0.15, 0.2) is 0 Å². The average molecular weight is 230 g/mol. The van der Waals surface area contributed by atoms with Gasteiger partial charge in [-0.25, -0.2) is 0 Å². The molecular formula is C11H13Cl2N. The number of nitrogens with two attached hydrogens (primary N) is 1. The van der Waals surface area contributed by atoms with Crippen molar-refractivity contribution in [1.82, 2.24) is 0 Å². The van der Waals surface area contributed by atoms with E-state index in [1.54, 1.807) is 0 Å². The zero-order chi connectivity index (χ0) is 10.3. The maximum atomic E-state index is 6.11. The van der Waals surface area contributed by atoms with Gasteiger partial charge in [-0.15, -0.1) is 0 Å². The highest BCUT2D eigenvalue weighted by molar-refractivity contribution is 6.42. The van der Waals surface area contributed by atoms with Gasteiger partial charge in [0.25, 0.3) is 0 Å². The van der Waals surface area contributed by atoms with Crippen molar-refractivity contribution in [1.29, 1.82) is 0 Å². The van der Waals surface area contributed by atoms with E-state index in [4.69, 9.17) is 28.9 Å². The van der Waals surface area contributed by atoms with Crippen molar-refractivity contribution in [2.24, 2.45) is 17.6 Å². The normalized spacial score (nSPS) is 27.4. The summed E-state index contributed by atoms with van der Waals surface area (Å²) in [4.78, 5) is 0. The summed E-state index contributed by atoms with van der Waals surface area (Å²) < 4.78 is 0. The lowest BCUT2D eigenvalue weighted by molar-refractivity contribution is 0.593. The molecule has 1 nitrogen and oxygen atoms in total. The lowest BCUT2D eigenvalue weighted by atomic mass is 10.0. The molecule has 1 fully saturated rings. The van der Waals surface area contributed by atoms with Crippen molar-refractivity contribution in [3.8, 4) is 0 Å². The first kappa shape index (κ1) is 10.3. The summed E-state index contributed by atoms with van der Waals surface area (Å²) in [6, 6.07) is 5.76. The summed E-state index contributed by atoms with van der Waals surface area (Å²) in [7, 11) is 0. The van der Waals surface area contributed by atoms with E-state index in [1.165, 1.54) is 6.42 Å². The van der Waals surface area contributed by atoms with Crippen molar-refractivity contribution >= 4 is 23.2 Å². The molecule has 0 radical (unpaired) electrons. The minimum Gasteiger partial charge on any atom is -0.324 e. The van der Waals surface area contributed by atoms with Gasteiger partial charge in [-0.05, 0) is 36.0 Å². The molecular weight excluding hydrogens is 217 g/mol. The average Bonchev–Trinajstić information content (AvgIpc) is 2.86. The fourth-order valence-corrected chi connectivity index (χ4v) is 2.12. The van der Waals surface area contributed by atoms with E-state index >= 15 is 0 Å². The van der Waals surface area contributed by atoms with Gasteiger partial charge in [-0.3, -0.25) is 0 Å². The Labute approximate surface area is 94.2 Å². The summed E-state index contributed by atoms with van der Waals surface area (Å²) in [6.45, 7) is 2.22. The first-order valence-corrected chi connectivity index (χ1v) is 5.55. The molecule has 2 rings (SSSR count). The second-order valence-electron chi connectivity index (χ2n) is 4.08. The first-order chi connectivity index (χ1) is 6.59. The summed E-state index contributed by atoms with van der Waals surface area (Å²) in [5.74, 6) is 1.37. The van der Waals surface area contributed by atoms with E-state index in [2.05, 4.69) is 6.92 Å². The van der Waals surface area contributed by atoms with Crippen molar-refractivity contribution < 1.29 is 0 Å². The Morgan fingerprint density at radius 2 is 2.00 bits per heavy atom. The van der Waals surface area contributed by atoms with Crippen LogP contribution in [0.4, 0.5) is 0 Å². The minimum absolute atomic E-state index is 0.111. The second-order valence-corrected chi connectivity index (χ2v) is 4.89. The Morgan fingerprint density at radius 3 is 2.50 bits per heavy atom. The lowest BCUT2D eigenvalue weighted by Crippen LogP contribution is -2.13. The molecule has 0 spiro atoms. The molecule has 3 heteroatoms. The van der Waals surface area contributed by atoms with Crippen LogP contribution in [-0.2, 0) is 0 Å². The molecule has 1 aliphatic rings. The summed E-state index contributed by atoms with van der Waals surface area (Å²) >= 11 is 11.8. The quantitative estimate of drug-likeness (QED) is 0.824. The maximum Gasteiger partial charge on any atom is 0.0595 e. The van der Waals surface area contributed by atoms with Gasteiger partial charge < -0.3 is 5.73 Å². The number of rotatable bonds is 2. The molecule has 3 unspecified atom stereocenters. The molecule has 1 aromatic carbocycles. The molecule has 0 aliphatic heterocycles. The summed E-state index contributed by atoms with van der Waals surface area (Å²) in [6.07, 6.45) is 1.22. The molecule has 0 aromatic heterocycles. The Morgan fingerprint density at radius 1 is 1.36 bits per heavy atom. The molecule has 0 amide bonds.